The van der Waals surface area contributed by atoms with E-state index in [-0.39, 0.29) is 31.1 Å². The molecule has 6 nitrogen and oxygen atoms in total. The van der Waals surface area contributed by atoms with Crippen molar-refractivity contribution >= 4 is 17.9 Å². The van der Waals surface area contributed by atoms with Crippen molar-refractivity contribution < 1.29 is 28.6 Å². The lowest BCUT2D eigenvalue weighted by molar-refractivity contribution is -0.167. The number of unbranched alkanes of at least 4 members (excludes halogenated alkanes) is 39. The smallest absolute Gasteiger partial charge is 0.306 e. The summed E-state index contributed by atoms with van der Waals surface area (Å²) in [6.07, 6.45) is 75.5. The fourth-order valence-electron chi connectivity index (χ4n) is 9.38. The molecule has 0 saturated heterocycles. The molecule has 0 aromatic carbocycles. The van der Waals surface area contributed by atoms with Crippen molar-refractivity contribution in [3.05, 3.63) is 48.6 Å². The third kappa shape index (κ3) is 58.3. The maximum absolute atomic E-state index is 12.9. The van der Waals surface area contributed by atoms with Crippen molar-refractivity contribution in [2.75, 3.05) is 13.2 Å². The Bertz CT molecular complexity index is 1250. The highest BCUT2D eigenvalue weighted by Crippen LogP contribution is 2.18. The molecule has 0 saturated carbocycles. The first kappa shape index (κ1) is 69.4. The lowest BCUT2D eigenvalue weighted by Crippen LogP contribution is -2.30. The molecule has 0 aromatic rings. The summed E-state index contributed by atoms with van der Waals surface area (Å²) in [6.45, 7) is 6.57. The summed E-state index contributed by atoms with van der Waals surface area (Å²) in [6, 6.07) is 0. The van der Waals surface area contributed by atoms with Crippen molar-refractivity contribution in [2.24, 2.45) is 0 Å². The minimum Gasteiger partial charge on any atom is -0.462 e. The second-order valence-corrected chi connectivity index (χ2v) is 21.3. The molecule has 0 aliphatic carbocycles. The van der Waals surface area contributed by atoms with E-state index >= 15 is 0 Å². The maximum atomic E-state index is 12.9. The zero-order valence-electron chi connectivity index (χ0n) is 48.2. The van der Waals surface area contributed by atoms with Gasteiger partial charge in [0.15, 0.2) is 6.10 Å². The van der Waals surface area contributed by atoms with Gasteiger partial charge in [-0.25, -0.2) is 0 Å². The molecule has 0 fully saturated rings. The monoisotopic (exact) mass is 1010 g/mol. The molecule has 0 bridgehead atoms. The van der Waals surface area contributed by atoms with E-state index in [0.717, 1.165) is 83.5 Å². The van der Waals surface area contributed by atoms with Gasteiger partial charge >= 0.3 is 17.9 Å². The average Bonchev–Trinajstić information content (AvgIpc) is 3.38. The van der Waals surface area contributed by atoms with Crippen LogP contribution in [-0.4, -0.2) is 37.2 Å². The van der Waals surface area contributed by atoms with Gasteiger partial charge in [0.2, 0.25) is 0 Å². The molecule has 1 unspecified atom stereocenters. The van der Waals surface area contributed by atoms with E-state index in [4.69, 9.17) is 14.2 Å². The third-order valence-electron chi connectivity index (χ3n) is 14.1. The molecule has 0 rings (SSSR count). The zero-order chi connectivity index (χ0) is 52.2. The Hall–Kier alpha value is -2.63. The fourth-order valence-corrected chi connectivity index (χ4v) is 9.38. The number of carbonyl (C=O) groups excluding carboxylic acids is 3. The van der Waals surface area contributed by atoms with Crippen LogP contribution in [0.15, 0.2) is 48.6 Å². The Labute approximate surface area is 448 Å². The summed E-state index contributed by atoms with van der Waals surface area (Å²) in [4.78, 5) is 38.2. The van der Waals surface area contributed by atoms with Crippen LogP contribution in [0.1, 0.15) is 335 Å². The molecule has 420 valence electrons. The number of allylic oxidation sites excluding steroid dienone is 8. The minimum atomic E-state index is -0.771. The van der Waals surface area contributed by atoms with Crippen LogP contribution in [0.3, 0.4) is 0 Å². The molecule has 0 aromatic heterocycles. The standard InChI is InChI=1S/C66H120O6/c1-4-7-10-13-16-19-22-24-26-28-30-32-33-35-36-38-40-42-44-47-50-53-56-59-65(68)71-62-63(61-70-64(67)58-55-52-49-46-21-18-15-12-9-6-3)72-66(69)60-57-54-51-48-45-43-41-39-37-34-31-29-27-25-23-20-17-14-11-8-5-2/h7,10,16,19,24,26,30,32,63H,4-6,8-9,11-15,17-18,20-23,25,27-29,31,33-62H2,1-3H3/b10-7-,19-16-,26-24-,32-30-. The molecule has 72 heavy (non-hydrogen) atoms. The second-order valence-electron chi connectivity index (χ2n) is 21.3. The molecule has 0 aliphatic rings. The molecule has 0 radical (unpaired) electrons. The van der Waals surface area contributed by atoms with E-state index < -0.39 is 6.10 Å². The third-order valence-corrected chi connectivity index (χ3v) is 14.1. The van der Waals surface area contributed by atoms with Gasteiger partial charge in [0.1, 0.15) is 13.2 Å². The molecule has 0 heterocycles. The van der Waals surface area contributed by atoms with Gasteiger partial charge in [0, 0.05) is 19.3 Å². The van der Waals surface area contributed by atoms with Gasteiger partial charge in [0.05, 0.1) is 0 Å². The van der Waals surface area contributed by atoms with Crippen LogP contribution < -0.4 is 0 Å². The van der Waals surface area contributed by atoms with Crippen molar-refractivity contribution in [1.82, 2.24) is 0 Å². The largest absolute Gasteiger partial charge is 0.462 e. The van der Waals surface area contributed by atoms with Crippen molar-refractivity contribution in [3.63, 3.8) is 0 Å². The van der Waals surface area contributed by atoms with Crippen LogP contribution in [-0.2, 0) is 28.6 Å². The Morgan fingerprint density at radius 2 is 0.542 bits per heavy atom. The number of hydrogen-bond donors (Lipinski definition) is 0. The number of ether oxygens (including phenoxy) is 3. The minimum absolute atomic E-state index is 0.0692. The van der Waals surface area contributed by atoms with E-state index in [1.54, 1.807) is 0 Å². The quantitative estimate of drug-likeness (QED) is 0.0261. The lowest BCUT2D eigenvalue weighted by Gasteiger charge is -2.18. The maximum Gasteiger partial charge on any atom is 0.306 e. The molecule has 0 aliphatic heterocycles. The van der Waals surface area contributed by atoms with E-state index in [2.05, 4.69) is 69.4 Å². The summed E-state index contributed by atoms with van der Waals surface area (Å²) < 4.78 is 16.9. The van der Waals surface area contributed by atoms with Crippen LogP contribution in [0.2, 0.25) is 0 Å². The highest BCUT2D eigenvalue weighted by atomic mass is 16.6. The molecule has 0 N–H and O–H groups in total. The molecular weight excluding hydrogens is 889 g/mol. The summed E-state index contributed by atoms with van der Waals surface area (Å²) in [5.74, 6) is -0.854. The normalized spacial score (nSPS) is 12.3. The van der Waals surface area contributed by atoms with Crippen molar-refractivity contribution in [2.45, 2.75) is 341 Å². The highest BCUT2D eigenvalue weighted by molar-refractivity contribution is 5.71. The predicted octanol–water partition coefficient (Wildman–Crippen LogP) is 21.4. The molecule has 0 spiro atoms. The van der Waals surface area contributed by atoms with Crippen LogP contribution in [0, 0.1) is 0 Å². The first-order valence-corrected chi connectivity index (χ1v) is 31.6. The number of hydrogen-bond acceptors (Lipinski definition) is 6. The van der Waals surface area contributed by atoms with E-state index in [9.17, 15) is 14.4 Å². The SMILES string of the molecule is CC/C=C\C/C=C\C/C=C\C/C=C\CCCCCCCCCCCCC(=O)OCC(COC(=O)CCCCCCCCCCCC)OC(=O)CCCCCCCCCCCCCCCCCCCCCCC. The van der Waals surface area contributed by atoms with Gasteiger partial charge < -0.3 is 14.2 Å². The van der Waals surface area contributed by atoms with Gasteiger partial charge in [0.25, 0.3) is 0 Å². The van der Waals surface area contributed by atoms with Crippen LogP contribution in [0.5, 0.6) is 0 Å². The van der Waals surface area contributed by atoms with Gasteiger partial charge in [-0.15, -0.1) is 0 Å². The number of carbonyl (C=O) groups is 3. The molecule has 0 amide bonds. The summed E-state index contributed by atoms with van der Waals surface area (Å²) >= 11 is 0. The zero-order valence-corrected chi connectivity index (χ0v) is 48.2. The van der Waals surface area contributed by atoms with Crippen LogP contribution >= 0.6 is 0 Å². The summed E-state index contributed by atoms with van der Waals surface area (Å²) in [5, 5.41) is 0. The first-order chi connectivity index (χ1) is 35.5. The number of esters is 3. The highest BCUT2D eigenvalue weighted by Gasteiger charge is 2.19. The van der Waals surface area contributed by atoms with E-state index in [0.29, 0.717) is 19.3 Å². The van der Waals surface area contributed by atoms with E-state index in [1.165, 1.54) is 212 Å². The van der Waals surface area contributed by atoms with Gasteiger partial charge in [-0.05, 0) is 57.8 Å². The summed E-state index contributed by atoms with van der Waals surface area (Å²) in [7, 11) is 0. The molecule has 6 heteroatoms. The Kier molecular flexibility index (Phi) is 58.7. The Morgan fingerprint density at radius 3 is 0.847 bits per heavy atom. The van der Waals surface area contributed by atoms with Gasteiger partial charge in [-0.3, -0.25) is 14.4 Å². The van der Waals surface area contributed by atoms with Gasteiger partial charge in [-0.2, -0.15) is 0 Å². The first-order valence-electron chi connectivity index (χ1n) is 31.6. The van der Waals surface area contributed by atoms with Crippen LogP contribution in [0.25, 0.3) is 0 Å². The van der Waals surface area contributed by atoms with E-state index in [1.807, 2.05) is 0 Å². The second kappa shape index (κ2) is 60.9. The predicted molar refractivity (Wildman–Crippen MR) is 312 cm³/mol. The average molecular weight is 1010 g/mol. The van der Waals surface area contributed by atoms with Crippen molar-refractivity contribution in [3.8, 4) is 0 Å². The topological polar surface area (TPSA) is 78.9 Å². The lowest BCUT2D eigenvalue weighted by atomic mass is 10.0. The molecular formula is C66H120O6. The Balaban J connectivity index is 4.22. The van der Waals surface area contributed by atoms with Crippen molar-refractivity contribution in [1.29, 1.82) is 0 Å². The van der Waals surface area contributed by atoms with Gasteiger partial charge in [-0.1, -0.05) is 307 Å². The fraction of sp³-hybridized carbons (Fsp3) is 0.833. The molecule has 1 atom stereocenters. The number of rotatable bonds is 58. The summed E-state index contributed by atoms with van der Waals surface area (Å²) in [5.41, 5.74) is 0. The van der Waals surface area contributed by atoms with Crippen LogP contribution in [0.4, 0.5) is 0 Å². The Morgan fingerprint density at radius 1 is 0.292 bits per heavy atom.